The first-order chi connectivity index (χ1) is 9.56. The number of aryl methyl sites for hydroxylation is 1. The highest BCUT2D eigenvalue weighted by molar-refractivity contribution is 5.29. The van der Waals surface area contributed by atoms with Crippen LogP contribution in [0.4, 0.5) is 0 Å². The van der Waals surface area contributed by atoms with Crippen LogP contribution >= 0.6 is 0 Å². The fourth-order valence-electron chi connectivity index (χ4n) is 3.69. The standard InChI is InChI=1S/C17H25NO2/c1-14-4-6-15(7-5-14)16(18(2)3)8-10-17(11-9-16)19-12-13-20-17/h4-7H,8-13H2,1-3H3. The van der Waals surface area contributed by atoms with E-state index in [1.807, 2.05) is 0 Å². The highest BCUT2D eigenvalue weighted by Gasteiger charge is 2.47. The van der Waals surface area contributed by atoms with Gasteiger partial charge in [-0.3, -0.25) is 4.90 Å². The Kier molecular flexibility index (Phi) is 3.61. The van der Waals surface area contributed by atoms with Gasteiger partial charge in [0.05, 0.1) is 13.2 Å². The molecule has 0 aromatic heterocycles. The smallest absolute Gasteiger partial charge is 0.168 e. The van der Waals surface area contributed by atoms with Crippen LogP contribution in [-0.4, -0.2) is 38.0 Å². The molecular formula is C17H25NO2. The van der Waals surface area contributed by atoms with Crippen molar-refractivity contribution in [3.63, 3.8) is 0 Å². The van der Waals surface area contributed by atoms with Crippen molar-refractivity contribution in [1.29, 1.82) is 0 Å². The first kappa shape index (κ1) is 14.1. The number of hydrogen-bond acceptors (Lipinski definition) is 3. The lowest BCUT2D eigenvalue weighted by Crippen LogP contribution is -2.49. The lowest BCUT2D eigenvalue weighted by molar-refractivity contribution is -0.193. The third-order valence-corrected chi connectivity index (χ3v) is 5.10. The normalized spacial score (nSPS) is 24.4. The molecule has 3 heteroatoms. The van der Waals surface area contributed by atoms with Crippen molar-refractivity contribution in [2.75, 3.05) is 27.3 Å². The van der Waals surface area contributed by atoms with E-state index >= 15 is 0 Å². The van der Waals surface area contributed by atoms with Crippen LogP contribution in [0.25, 0.3) is 0 Å². The molecule has 2 aliphatic rings. The van der Waals surface area contributed by atoms with Crippen molar-refractivity contribution in [1.82, 2.24) is 4.90 Å². The molecule has 0 amide bonds. The van der Waals surface area contributed by atoms with E-state index in [2.05, 4.69) is 50.2 Å². The van der Waals surface area contributed by atoms with Gasteiger partial charge in [-0.05, 0) is 39.4 Å². The third-order valence-electron chi connectivity index (χ3n) is 5.10. The minimum Gasteiger partial charge on any atom is -0.348 e. The van der Waals surface area contributed by atoms with E-state index in [9.17, 15) is 0 Å². The second kappa shape index (κ2) is 5.14. The molecule has 1 spiro atoms. The van der Waals surface area contributed by atoms with Crippen LogP contribution in [-0.2, 0) is 15.0 Å². The summed E-state index contributed by atoms with van der Waals surface area (Å²) in [7, 11) is 4.38. The summed E-state index contributed by atoms with van der Waals surface area (Å²) in [6, 6.07) is 8.99. The second-order valence-electron chi connectivity index (χ2n) is 6.40. The zero-order valence-corrected chi connectivity index (χ0v) is 12.8. The van der Waals surface area contributed by atoms with Gasteiger partial charge < -0.3 is 9.47 Å². The van der Waals surface area contributed by atoms with Gasteiger partial charge in [0, 0.05) is 18.4 Å². The predicted octanol–water partition coefficient (Wildman–Crippen LogP) is 3.07. The quantitative estimate of drug-likeness (QED) is 0.828. The van der Waals surface area contributed by atoms with E-state index < -0.39 is 0 Å². The SMILES string of the molecule is Cc1ccc(C2(N(C)C)CCC3(CC2)OCCO3)cc1. The van der Waals surface area contributed by atoms with Crippen molar-refractivity contribution in [2.45, 2.75) is 43.9 Å². The van der Waals surface area contributed by atoms with Crippen LogP contribution in [0.1, 0.15) is 36.8 Å². The summed E-state index contributed by atoms with van der Waals surface area (Å²) in [4.78, 5) is 2.37. The zero-order valence-electron chi connectivity index (χ0n) is 12.8. The molecule has 3 rings (SSSR count). The Balaban J connectivity index is 1.85. The summed E-state index contributed by atoms with van der Waals surface area (Å²) in [6.07, 6.45) is 4.14. The first-order valence-corrected chi connectivity index (χ1v) is 7.59. The first-order valence-electron chi connectivity index (χ1n) is 7.59. The van der Waals surface area contributed by atoms with Crippen LogP contribution in [0.2, 0.25) is 0 Å². The van der Waals surface area contributed by atoms with Gasteiger partial charge in [-0.25, -0.2) is 0 Å². The number of benzene rings is 1. The Morgan fingerprint density at radius 2 is 1.45 bits per heavy atom. The average Bonchev–Trinajstić information content (AvgIpc) is 2.89. The molecule has 0 bridgehead atoms. The molecule has 1 saturated carbocycles. The molecule has 1 aliphatic carbocycles. The highest BCUT2D eigenvalue weighted by Crippen LogP contribution is 2.47. The molecule has 0 radical (unpaired) electrons. The molecular weight excluding hydrogens is 250 g/mol. The van der Waals surface area contributed by atoms with Gasteiger partial charge in [0.1, 0.15) is 0 Å². The predicted molar refractivity (Wildman–Crippen MR) is 79.6 cm³/mol. The van der Waals surface area contributed by atoms with Gasteiger partial charge in [0.15, 0.2) is 5.79 Å². The molecule has 20 heavy (non-hydrogen) atoms. The summed E-state index contributed by atoms with van der Waals surface area (Å²) in [5.74, 6) is -0.287. The van der Waals surface area contributed by atoms with Gasteiger partial charge in [0.25, 0.3) is 0 Å². The Hall–Kier alpha value is -0.900. The lowest BCUT2D eigenvalue weighted by atomic mass is 9.73. The van der Waals surface area contributed by atoms with Crippen LogP contribution in [0, 0.1) is 6.92 Å². The average molecular weight is 275 g/mol. The summed E-state index contributed by atoms with van der Waals surface area (Å²) < 4.78 is 11.7. The Labute approximate surface area is 121 Å². The lowest BCUT2D eigenvalue weighted by Gasteiger charge is -2.48. The molecule has 1 aromatic rings. The van der Waals surface area contributed by atoms with Crippen LogP contribution in [0.15, 0.2) is 24.3 Å². The Morgan fingerprint density at radius 1 is 0.900 bits per heavy atom. The van der Waals surface area contributed by atoms with E-state index in [1.54, 1.807) is 0 Å². The summed E-state index contributed by atoms with van der Waals surface area (Å²) >= 11 is 0. The number of nitrogens with zero attached hydrogens (tertiary/aromatic N) is 1. The van der Waals surface area contributed by atoms with Crippen LogP contribution in [0.5, 0.6) is 0 Å². The van der Waals surface area contributed by atoms with E-state index in [-0.39, 0.29) is 11.3 Å². The van der Waals surface area contributed by atoms with Crippen molar-refractivity contribution in [3.8, 4) is 0 Å². The molecule has 1 saturated heterocycles. The Morgan fingerprint density at radius 3 is 1.95 bits per heavy atom. The van der Waals surface area contributed by atoms with Gasteiger partial charge in [0.2, 0.25) is 0 Å². The van der Waals surface area contributed by atoms with Crippen molar-refractivity contribution >= 4 is 0 Å². The van der Waals surface area contributed by atoms with E-state index in [4.69, 9.17) is 9.47 Å². The van der Waals surface area contributed by atoms with E-state index in [0.29, 0.717) is 0 Å². The maximum atomic E-state index is 5.87. The molecule has 0 atom stereocenters. The fourth-order valence-corrected chi connectivity index (χ4v) is 3.69. The van der Waals surface area contributed by atoms with Gasteiger partial charge >= 0.3 is 0 Å². The number of rotatable bonds is 2. The van der Waals surface area contributed by atoms with Crippen molar-refractivity contribution in [2.24, 2.45) is 0 Å². The summed E-state index contributed by atoms with van der Waals surface area (Å²) in [6.45, 7) is 3.64. The second-order valence-corrected chi connectivity index (χ2v) is 6.40. The zero-order chi connectivity index (χ0) is 14.2. The summed E-state index contributed by atoms with van der Waals surface area (Å²) in [5.41, 5.74) is 2.85. The minimum atomic E-state index is -0.287. The Bertz CT molecular complexity index is 450. The highest BCUT2D eigenvalue weighted by atomic mass is 16.7. The fraction of sp³-hybridized carbons (Fsp3) is 0.647. The van der Waals surface area contributed by atoms with Crippen molar-refractivity contribution in [3.05, 3.63) is 35.4 Å². The molecule has 1 heterocycles. The van der Waals surface area contributed by atoms with E-state index in [1.165, 1.54) is 11.1 Å². The van der Waals surface area contributed by atoms with Crippen LogP contribution < -0.4 is 0 Å². The van der Waals surface area contributed by atoms with Crippen LogP contribution in [0.3, 0.4) is 0 Å². The number of ether oxygens (including phenoxy) is 2. The maximum absolute atomic E-state index is 5.87. The van der Waals surface area contributed by atoms with Gasteiger partial charge in [-0.15, -0.1) is 0 Å². The third kappa shape index (κ3) is 2.28. The largest absolute Gasteiger partial charge is 0.348 e. The molecule has 0 unspecified atom stereocenters. The monoisotopic (exact) mass is 275 g/mol. The molecule has 3 nitrogen and oxygen atoms in total. The van der Waals surface area contributed by atoms with Gasteiger partial charge in [-0.2, -0.15) is 0 Å². The summed E-state index contributed by atoms with van der Waals surface area (Å²) in [5, 5.41) is 0. The molecule has 1 aliphatic heterocycles. The minimum absolute atomic E-state index is 0.119. The maximum Gasteiger partial charge on any atom is 0.168 e. The number of hydrogen-bond donors (Lipinski definition) is 0. The van der Waals surface area contributed by atoms with E-state index in [0.717, 1.165) is 38.9 Å². The molecule has 1 aromatic carbocycles. The van der Waals surface area contributed by atoms with Crippen molar-refractivity contribution < 1.29 is 9.47 Å². The van der Waals surface area contributed by atoms with Gasteiger partial charge in [-0.1, -0.05) is 29.8 Å². The molecule has 110 valence electrons. The molecule has 0 N–H and O–H groups in total. The topological polar surface area (TPSA) is 21.7 Å². The molecule has 2 fully saturated rings.